The number of carbonyl (C=O) groups is 3. The van der Waals surface area contributed by atoms with Crippen LogP contribution in [0.25, 0.3) is 0 Å². The first-order valence-electron chi connectivity index (χ1n) is 15.8. The molecule has 4 aliphatic carbocycles. The lowest BCUT2D eigenvalue weighted by atomic mass is 9.45. The Morgan fingerprint density at radius 1 is 0.816 bits per heavy atom. The van der Waals surface area contributed by atoms with Gasteiger partial charge in [0.1, 0.15) is 0 Å². The Labute approximate surface area is 234 Å². The topological polar surface area (TPSA) is 69.7 Å². The van der Waals surface area contributed by atoms with Gasteiger partial charge in [-0.05, 0) is 124 Å². The Kier molecular flexibility index (Phi) is 9.16. The number of fused-ring (bicyclic) bond motifs is 5. The Morgan fingerprint density at radius 3 is 2.42 bits per heavy atom. The van der Waals surface area contributed by atoms with Crippen molar-refractivity contribution >= 4 is 28.8 Å². The van der Waals surface area contributed by atoms with Crippen LogP contribution in [0.4, 0.5) is 0 Å². The van der Waals surface area contributed by atoms with E-state index in [2.05, 4.69) is 13.8 Å². The van der Waals surface area contributed by atoms with Gasteiger partial charge in [0.2, 0.25) is 6.79 Å². The van der Waals surface area contributed by atoms with Gasteiger partial charge in [-0.1, -0.05) is 38.5 Å². The molecule has 6 heteroatoms. The molecule has 1 saturated heterocycles. The maximum Gasteiger partial charge on any atom is 0.308 e. The first-order chi connectivity index (χ1) is 18.3. The van der Waals surface area contributed by atoms with E-state index in [0.717, 1.165) is 61.0 Å². The van der Waals surface area contributed by atoms with Gasteiger partial charge in [-0.2, -0.15) is 0 Å². The van der Waals surface area contributed by atoms with Gasteiger partial charge in [-0.25, -0.2) is 0 Å². The normalized spacial score (nSPS) is 40.5. The van der Waals surface area contributed by atoms with E-state index in [1.165, 1.54) is 76.0 Å². The van der Waals surface area contributed by atoms with Crippen molar-refractivity contribution in [2.24, 2.45) is 46.3 Å². The van der Waals surface area contributed by atoms with Crippen LogP contribution >= 0.6 is 11.8 Å². The number of hydrogen-bond donors (Lipinski definition) is 0. The van der Waals surface area contributed by atoms with E-state index in [-0.39, 0.29) is 30.2 Å². The molecule has 5 aliphatic rings. The van der Waals surface area contributed by atoms with Crippen molar-refractivity contribution in [3.63, 3.8) is 0 Å². The summed E-state index contributed by atoms with van der Waals surface area (Å²) >= 11 is 1.37. The zero-order chi connectivity index (χ0) is 26.8. The molecule has 1 aliphatic heterocycles. The molecule has 0 aromatic heterocycles. The lowest BCUT2D eigenvalue weighted by Crippen LogP contribution is -2.52. The molecule has 0 spiro atoms. The van der Waals surface area contributed by atoms with Crippen molar-refractivity contribution in [1.29, 1.82) is 0 Å². The largest absolute Gasteiger partial charge is 0.428 e. The number of carbonyl (C=O) groups excluding carboxylic acids is 3. The highest BCUT2D eigenvalue weighted by Crippen LogP contribution is 2.67. The van der Waals surface area contributed by atoms with E-state index < -0.39 is 5.97 Å². The van der Waals surface area contributed by atoms with Crippen LogP contribution in [0.2, 0.25) is 0 Å². The zero-order valence-corrected chi connectivity index (χ0v) is 24.7. The van der Waals surface area contributed by atoms with Gasteiger partial charge in [0.15, 0.2) is 5.12 Å². The minimum Gasteiger partial charge on any atom is -0.428 e. The third-order valence-corrected chi connectivity index (χ3v) is 13.2. The fourth-order valence-corrected chi connectivity index (χ4v) is 11.0. The number of ether oxygens (including phenoxy) is 2. The average Bonchev–Trinajstić information content (AvgIpc) is 3.24. The summed E-state index contributed by atoms with van der Waals surface area (Å²) in [5, 5.41) is 0.192. The minimum absolute atomic E-state index is 0.0404. The highest BCUT2D eigenvalue weighted by molar-refractivity contribution is 8.13. The van der Waals surface area contributed by atoms with E-state index in [0.29, 0.717) is 23.7 Å². The number of rotatable bonds is 9. The summed E-state index contributed by atoms with van der Waals surface area (Å²) in [6.07, 6.45) is 19.2. The third kappa shape index (κ3) is 5.86. The standard InChI is InChI=1S/C32H50O5S/c1-31-18-4-3-8-23(31)12-14-25-26-15-13-24(32(26,2)19-17-27(25)31)9-5-10-28(33)36-21-37-29(34)16-11-22-7-6-20-38-30(22)35/h22-27H,3-21H2,1-2H3. The van der Waals surface area contributed by atoms with Gasteiger partial charge in [-0.3, -0.25) is 14.4 Å². The SMILES string of the molecule is CC12CCCCC1CCC1C2CCC2(C)C(CCCC(=O)OCOC(=O)CCC3CCCSC3=O)CCC12. The predicted molar refractivity (Wildman–Crippen MR) is 150 cm³/mol. The first-order valence-corrected chi connectivity index (χ1v) is 16.8. The van der Waals surface area contributed by atoms with E-state index in [1.54, 1.807) is 0 Å². The molecule has 1 heterocycles. The van der Waals surface area contributed by atoms with Crippen LogP contribution in [-0.4, -0.2) is 29.6 Å². The second kappa shape index (κ2) is 12.2. The first kappa shape index (κ1) is 28.5. The summed E-state index contributed by atoms with van der Waals surface area (Å²) in [6, 6.07) is 0. The fourth-order valence-electron chi connectivity index (χ4n) is 9.97. The molecule has 0 bridgehead atoms. The van der Waals surface area contributed by atoms with E-state index in [9.17, 15) is 14.4 Å². The van der Waals surface area contributed by atoms with Crippen LogP contribution in [0.3, 0.4) is 0 Å². The lowest BCUT2D eigenvalue weighted by Gasteiger charge is -2.60. The van der Waals surface area contributed by atoms with Crippen molar-refractivity contribution in [3.8, 4) is 0 Å². The lowest BCUT2D eigenvalue weighted by molar-refractivity contribution is -0.167. The summed E-state index contributed by atoms with van der Waals surface area (Å²) in [7, 11) is 0. The van der Waals surface area contributed by atoms with E-state index in [4.69, 9.17) is 9.47 Å². The molecule has 8 atom stereocenters. The Bertz CT molecular complexity index is 874. The monoisotopic (exact) mass is 546 g/mol. The van der Waals surface area contributed by atoms with Crippen molar-refractivity contribution in [2.75, 3.05) is 12.5 Å². The van der Waals surface area contributed by atoms with Crippen LogP contribution < -0.4 is 0 Å². The molecule has 0 aromatic rings. The molecular weight excluding hydrogens is 496 g/mol. The maximum absolute atomic E-state index is 12.3. The Balaban J connectivity index is 1.01. The van der Waals surface area contributed by atoms with Gasteiger partial charge in [-0.15, -0.1) is 0 Å². The molecule has 5 fully saturated rings. The molecular formula is C32H50O5S. The summed E-state index contributed by atoms with van der Waals surface area (Å²) in [6.45, 7) is 4.93. The maximum atomic E-state index is 12.3. The van der Waals surface area contributed by atoms with Crippen LogP contribution in [-0.2, 0) is 23.9 Å². The van der Waals surface area contributed by atoms with Crippen LogP contribution in [0.5, 0.6) is 0 Å². The molecule has 4 saturated carbocycles. The molecule has 0 aromatic carbocycles. The minimum atomic E-state index is -0.391. The number of thioether (sulfide) groups is 1. The van der Waals surface area contributed by atoms with Gasteiger partial charge >= 0.3 is 11.9 Å². The van der Waals surface area contributed by atoms with Crippen molar-refractivity contribution in [3.05, 3.63) is 0 Å². The van der Waals surface area contributed by atoms with Gasteiger partial charge in [0.05, 0.1) is 0 Å². The van der Waals surface area contributed by atoms with Crippen molar-refractivity contribution < 1.29 is 23.9 Å². The van der Waals surface area contributed by atoms with Gasteiger partial charge < -0.3 is 9.47 Å². The Morgan fingerprint density at radius 2 is 1.61 bits per heavy atom. The smallest absolute Gasteiger partial charge is 0.308 e. The van der Waals surface area contributed by atoms with Crippen LogP contribution in [0.15, 0.2) is 0 Å². The average molecular weight is 547 g/mol. The molecule has 38 heavy (non-hydrogen) atoms. The number of hydrogen-bond acceptors (Lipinski definition) is 6. The van der Waals surface area contributed by atoms with Gasteiger partial charge in [0.25, 0.3) is 0 Å². The van der Waals surface area contributed by atoms with Crippen LogP contribution in [0, 0.1) is 46.3 Å². The van der Waals surface area contributed by atoms with Gasteiger partial charge in [0, 0.05) is 24.5 Å². The van der Waals surface area contributed by atoms with Crippen molar-refractivity contribution in [1.82, 2.24) is 0 Å². The van der Waals surface area contributed by atoms with Crippen molar-refractivity contribution in [2.45, 2.75) is 123 Å². The third-order valence-electron chi connectivity index (χ3n) is 12.1. The Hall–Kier alpha value is -1.04. The summed E-state index contributed by atoms with van der Waals surface area (Å²) in [4.78, 5) is 36.2. The molecule has 5 nitrogen and oxygen atoms in total. The van der Waals surface area contributed by atoms with Crippen LogP contribution in [0.1, 0.15) is 123 Å². The zero-order valence-electron chi connectivity index (χ0n) is 23.8. The quantitative estimate of drug-likeness (QED) is 0.218. The molecule has 0 N–H and O–H groups in total. The molecule has 0 radical (unpaired) electrons. The second-order valence-electron chi connectivity index (χ2n) is 13.8. The molecule has 8 unspecified atom stereocenters. The highest BCUT2D eigenvalue weighted by atomic mass is 32.2. The molecule has 5 rings (SSSR count). The van der Waals surface area contributed by atoms with E-state index >= 15 is 0 Å². The predicted octanol–water partition coefficient (Wildman–Crippen LogP) is 7.70. The second-order valence-corrected chi connectivity index (χ2v) is 14.9. The molecule has 0 amide bonds. The number of esters is 2. The molecule has 214 valence electrons. The fraction of sp³-hybridized carbons (Fsp3) is 0.906. The summed E-state index contributed by atoms with van der Waals surface area (Å²) < 4.78 is 10.3. The van der Waals surface area contributed by atoms with E-state index in [1.807, 2.05) is 0 Å². The summed E-state index contributed by atoms with van der Waals surface area (Å²) in [5.41, 5.74) is 1.04. The summed E-state index contributed by atoms with van der Waals surface area (Å²) in [5.74, 6) is 4.62. The highest BCUT2D eigenvalue weighted by Gasteiger charge is 2.59.